The number of benzene rings is 1. The fourth-order valence-electron chi connectivity index (χ4n) is 1.30. The van der Waals surface area contributed by atoms with Crippen molar-refractivity contribution in [2.24, 2.45) is 0 Å². The van der Waals surface area contributed by atoms with Gasteiger partial charge < -0.3 is 5.32 Å². The third-order valence-corrected chi connectivity index (χ3v) is 2.04. The van der Waals surface area contributed by atoms with E-state index in [0.717, 1.165) is 12.8 Å². The minimum absolute atomic E-state index is 1.13. The summed E-state index contributed by atoms with van der Waals surface area (Å²) in [5.74, 6) is 0. The van der Waals surface area contributed by atoms with Crippen molar-refractivity contribution >= 4 is 0 Å². The highest BCUT2D eigenvalue weighted by molar-refractivity contribution is 5.16. The monoisotopic (exact) mass is 175 g/mol. The highest BCUT2D eigenvalue weighted by atomic mass is 14.8. The largest absolute Gasteiger partial charge is 0.394 e. The first-order valence-corrected chi connectivity index (χ1v) is 4.70. The summed E-state index contributed by atoms with van der Waals surface area (Å²) in [6, 6.07) is 10.6. The lowest BCUT2D eigenvalue weighted by atomic mass is 10.1. The molecular weight excluding hydrogens is 158 g/mol. The van der Waals surface area contributed by atoms with E-state index in [1.165, 1.54) is 11.1 Å². The van der Waals surface area contributed by atoms with E-state index in [9.17, 15) is 0 Å². The fourth-order valence-corrected chi connectivity index (χ4v) is 1.30. The predicted octanol–water partition coefficient (Wildman–Crippen LogP) is 2.74. The molecule has 1 heteroatoms. The molecule has 0 amide bonds. The van der Waals surface area contributed by atoms with Crippen molar-refractivity contribution < 1.29 is 0 Å². The molecule has 1 aromatic carbocycles. The second-order valence-corrected chi connectivity index (χ2v) is 3.26. The molecule has 0 radical (unpaired) electrons. The first-order chi connectivity index (χ1) is 6.33. The van der Waals surface area contributed by atoms with Crippen molar-refractivity contribution in [3.63, 3.8) is 0 Å². The molecule has 0 aliphatic heterocycles. The summed E-state index contributed by atoms with van der Waals surface area (Å²) >= 11 is 0. The second kappa shape index (κ2) is 5.41. The molecule has 0 heterocycles. The third-order valence-electron chi connectivity index (χ3n) is 2.04. The quantitative estimate of drug-likeness (QED) is 0.742. The van der Waals surface area contributed by atoms with Gasteiger partial charge in [0.1, 0.15) is 0 Å². The Labute approximate surface area is 80.5 Å². The number of hydrogen-bond donors (Lipinski definition) is 1. The Bertz CT molecular complexity index is 262. The average Bonchev–Trinajstić information content (AvgIpc) is 2.17. The van der Waals surface area contributed by atoms with Gasteiger partial charge in [-0.25, -0.2) is 0 Å². The molecule has 0 aliphatic carbocycles. The van der Waals surface area contributed by atoms with Gasteiger partial charge in [-0.2, -0.15) is 0 Å². The number of allylic oxidation sites excluding steroid dienone is 1. The van der Waals surface area contributed by atoms with Gasteiger partial charge in [-0.15, -0.1) is 0 Å². The van der Waals surface area contributed by atoms with Crippen molar-refractivity contribution in [3.8, 4) is 0 Å². The summed E-state index contributed by atoms with van der Waals surface area (Å²) in [7, 11) is 1.94. The maximum absolute atomic E-state index is 3.04. The molecule has 0 unspecified atom stereocenters. The van der Waals surface area contributed by atoms with Crippen LogP contribution in [0.2, 0.25) is 0 Å². The van der Waals surface area contributed by atoms with Crippen molar-refractivity contribution in [1.82, 2.24) is 5.32 Å². The van der Waals surface area contributed by atoms with Crippen LogP contribution in [-0.4, -0.2) is 7.05 Å². The molecule has 0 atom stereocenters. The standard InChI is InChI=1S/C12H17N/c1-11(10-13-2)8-9-12-6-4-3-5-7-12/h3-7,10,13H,8-9H2,1-2H3/b11-10+. The maximum atomic E-state index is 3.04. The third kappa shape index (κ3) is 3.79. The molecule has 1 N–H and O–H groups in total. The normalized spacial score (nSPS) is 11.4. The van der Waals surface area contributed by atoms with Gasteiger partial charge in [-0.05, 0) is 31.5 Å². The van der Waals surface area contributed by atoms with Gasteiger partial charge in [0.2, 0.25) is 0 Å². The van der Waals surface area contributed by atoms with Crippen LogP contribution in [0.15, 0.2) is 42.1 Å². The van der Waals surface area contributed by atoms with Crippen LogP contribution in [0.4, 0.5) is 0 Å². The minimum atomic E-state index is 1.13. The van der Waals surface area contributed by atoms with Gasteiger partial charge >= 0.3 is 0 Å². The first kappa shape index (κ1) is 9.85. The average molecular weight is 175 g/mol. The summed E-state index contributed by atoms with van der Waals surface area (Å²) in [5, 5.41) is 3.04. The Morgan fingerprint density at radius 3 is 2.62 bits per heavy atom. The maximum Gasteiger partial charge on any atom is 0.00276 e. The fraction of sp³-hybridized carbons (Fsp3) is 0.333. The van der Waals surface area contributed by atoms with Gasteiger partial charge in [0.25, 0.3) is 0 Å². The van der Waals surface area contributed by atoms with Gasteiger partial charge in [0, 0.05) is 7.05 Å². The number of hydrogen-bond acceptors (Lipinski definition) is 1. The summed E-state index contributed by atoms with van der Waals surface area (Å²) < 4.78 is 0. The second-order valence-electron chi connectivity index (χ2n) is 3.26. The molecule has 0 saturated heterocycles. The number of nitrogens with one attached hydrogen (secondary N) is 1. The van der Waals surface area contributed by atoms with Crippen molar-refractivity contribution in [2.75, 3.05) is 7.05 Å². The van der Waals surface area contributed by atoms with Crippen molar-refractivity contribution in [3.05, 3.63) is 47.7 Å². The summed E-state index contributed by atoms with van der Waals surface area (Å²) in [6.07, 6.45) is 4.32. The number of aryl methyl sites for hydroxylation is 1. The molecule has 0 bridgehead atoms. The molecular formula is C12H17N. The van der Waals surface area contributed by atoms with Crippen LogP contribution in [0.25, 0.3) is 0 Å². The zero-order valence-corrected chi connectivity index (χ0v) is 8.38. The molecule has 1 rings (SSSR count). The van der Waals surface area contributed by atoms with Crippen LogP contribution >= 0.6 is 0 Å². The van der Waals surface area contributed by atoms with Crippen LogP contribution < -0.4 is 5.32 Å². The zero-order valence-electron chi connectivity index (χ0n) is 8.38. The van der Waals surface area contributed by atoms with E-state index in [1.807, 2.05) is 7.05 Å². The minimum Gasteiger partial charge on any atom is -0.394 e. The highest BCUT2D eigenvalue weighted by Gasteiger charge is 1.92. The number of rotatable bonds is 4. The van der Waals surface area contributed by atoms with Gasteiger partial charge in [0.05, 0.1) is 0 Å². The Balaban J connectivity index is 2.39. The molecule has 1 aromatic rings. The van der Waals surface area contributed by atoms with E-state index in [0.29, 0.717) is 0 Å². The van der Waals surface area contributed by atoms with E-state index >= 15 is 0 Å². The lowest BCUT2D eigenvalue weighted by Gasteiger charge is -2.01. The van der Waals surface area contributed by atoms with Crippen LogP contribution in [0.1, 0.15) is 18.9 Å². The van der Waals surface area contributed by atoms with E-state index in [2.05, 4.69) is 48.8 Å². The van der Waals surface area contributed by atoms with E-state index in [4.69, 9.17) is 0 Å². The lowest BCUT2D eigenvalue weighted by Crippen LogP contribution is -1.95. The van der Waals surface area contributed by atoms with Gasteiger partial charge in [-0.1, -0.05) is 35.9 Å². The Morgan fingerprint density at radius 1 is 1.31 bits per heavy atom. The van der Waals surface area contributed by atoms with E-state index in [1.54, 1.807) is 0 Å². The molecule has 0 aliphatic rings. The van der Waals surface area contributed by atoms with Gasteiger partial charge in [-0.3, -0.25) is 0 Å². The summed E-state index contributed by atoms with van der Waals surface area (Å²) in [6.45, 7) is 2.15. The van der Waals surface area contributed by atoms with Crippen molar-refractivity contribution in [2.45, 2.75) is 19.8 Å². The van der Waals surface area contributed by atoms with Crippen LogP contribution in [0.3, 0.4) is 0 Å². The van der Waals surface area contributed by atoms with Crippen LogP contribution in [-0.2, 0) is 6.42 Å². The molecule has 0 saturated carbocycles. The highest BCUT2D eigenvalue weighted by Crippen LogP contribution is 2.07. The van der Waals surface area contributed by atoms with E-state index < -0.39 is 0 Å². The Kier molecular flexibility index (Phi) is 4.10. The zero-order chi connectivity index (χ0) is 9.52. The topological polar surface area (TPSA) is 12.0 Å². The molecule has 1 nitrogen and oxygen atoms in total. The predicted molar refractivity (Wildman–Crippen MR) is 57.6 cm³/mol. The SMILES string of the molecule is CN/C=C(\C)CCc1ccccc1. The molecule has 0 spiro atoms. The molecule has 70 valence electrons. The van der Waals surface area contributed by atoms with Crippen LogP contribution in [0, 0.1) is 0 Å². The molecule has 13 heavy (non-hydrogen) atoms. The summed E-state index contributed by atoms with van der Waals surface area (Å²) in [4.78, 5) is 0. The summed E-state index contributed by atoms with van der Waals surface area (Å²) in [5.41, 5.74) is 2.80. The smallest absolute Gasteiger partial charge is 0.00276 e. The first-order valence-electron chi connectivity index (χ1n) is 4.70. The Hall–Kier alpha value is -1.24. The van der Waals surface area contributed by atoms with Crippen LogP contribution in [0.5, 0.6) is 0 Å². The van der Waals surface area contributed by atoms with E-state index in [-0.39, 0.29) is 0 Å². The molecule has 0 aromatic heterocycles. The van der Waals surface area contributed by atoms with Gasteiger partial charge in [0.15, 0.2) is 0 Å². The molecule has 0 fully saturated rings. The van der Waals surface area contributed by atoms with Crippen molar-refractivity contribution in [1.29, 1.82) is 0 Å². The Morgan fingerprint density at radius 2 is 2.00 bits per heavy atom. The lowest BCUT2D eigenvalue weighted by molar-refractivity contribution is 0.916.